The number of hydrogen-bond acceptors (Lipinski definition) is 3. The van der Waals surface area contributed by atoms with Crippen molar-refractivity contribution in [2.45, 2.75) is 4.90 Å². The van der Waals surface area contributed by atoms with E-state index in [0.29, 0.717) is 0 Å². The Morgan fingerprint density at radius 1 is 0.857 bits per heavy atom. The Kier molecular flexibility index (Phi) is 5.07. The summed E-state index contributed by atoms with van der Waals surface area (Å²) in [6, 6.07) is 18.7. The van der Waals surface area contributed by atoms with E-state index in [-0.39, 0.29) is 0 Å². The van der Waals surface area contributed by atoms with Crippen molar-refractivity contribution in [1.29, 1.82) is 0 Å². The third kappa shape index (κ3) is 3.94. The van der Waals surface area contributed by atoms with Crippen LogP contribution in [-0.2, 0) is 0 Å². The zero-order valence-electron chi connectivity index (χ0n) is 11.9. The highest BCUT2D eigenvalue weighted by Gasteiger charge is 2.18. The maximum absolute atomic E-state index is 6.28. The van der Waals surface area contributed by atoms with Crippen molar-refractivity contribution in [2.75, 3.05) is 37.0 Å². The first kappa shape index (κ1) is 14.8. The molecule has 0 N–H and O–H groups in total. The molecule has 1 fully saturated rings. The fraction of sp³-hybridized carbons (Fsp3) is 0.294. The van der Waals surface area contributed by atoms with Gasteiger partial charge in [0, 0.05) is 37.0 Å². The monoisotopic (exact) mass is 318 g/mol. The number of para-hydroxylation sites is 1. The lowest BCUT2D eigenvalue weighted by Gasteiger charge is -2.36. The average Bonchev–Trinajstić information content (AvgIpc) is 2.55. The number of nitrogens with zero attached hydrogens (tertiary/aromatic N) is 2. The molecule has 3 rings (SSSR count). The van der Waals surface area contributed by atoms with Crippen molar-refractivity contribution in [3.8, 4) is 0 Å². The lowest BCUT2D eigenvalue weighted by atomic mass is 10.2. The molecule has 21 heavy (non-hydrogen) atoms. The molecule has 0 saturated carbocycles. The lowest BCUT2D eigenvalue weighted by Crippen LogP contribution is -2.46. The first-order valence-corrected chi connectivity index (χ1v) is 8.59. The van der Waals surface area contributed by atoms with Crippen LogP contribution in [-0.4, -0.2) is 37.0 Å². The van der Waals surface area contributed by atoms with Gasteiger partial charge in [0.05, 0.1) is 10.7 Å². The molecule has 2 aromatic carbocycles. The smallest absolute Gasteiger partial charge is 0.0639 e. The molecule has 0 spiro atoms. The third-order valence-corrected chi connectivity index (χ3v) is 5.14. The Labute approximate surface area is 135 Å². The predicted molar refractivity (Wildman–Crippen MR) is 92.4 cm³/mol. The van der Waals surface area contributed by atoms with Gasteiger partial charge >= 0.3 is 0 Å². The molecule has 0 radical (unpaired) electrons. The standard InChI is InChI=1S/C17H19ClN2S/c18-16-8-4-5-9-17(16)20-12-10-19(11-13-20)14-21-15-6-2-1-3-7-15/h1-9H,10-14H2. The van der Waals surface area contributed by atoms with Crippen LogP contribution in [0.3, 0.4) is 0 Å². The van der Waals surface area contributed by atoms with Crippen LogP contribution in [0.4, 0.5) is 5.69 Å². The summed E-state index contributed by atoms with van der Waals surface area (Å²) in [6.07, 6.45) is 0. The molecule has 1 heterocycles. The van der Waals surface area contributed by atoms with Crippen molar-refractivity contribution < 1.29 is 0 Å². The van der Waals surface area contributed by atoms with Crippen LogP contribution in [0.1, 0.15) is 0 Å². The van der Waals surface area contributed by atoms with E-state index in [9.17, 15) is 0 Å². The fourth-order valence-electron chi connectivity index (χ4n) is 2.51. The van der Waals surface area contributed by atoms with E-state index in [1.807, 2.05) is 23.9 Å². The summed E-state index contributed by atoms with van der Waals surface area (Å²) in [5, 5.41) is 0.851. The van der Waals surface area contributed by atoms with E-state index >= 15 is 0 Å². The molecule has 110 valence electrons. The molecule has 1 aliphatic heterocycles. The molecule has 2 aromatic rings. The molecule has 0 aliphatic carbocycles. The Morgan fingerprint density at radius 3 is 2.24 bits per heavy atom. The van der Waals surface area contributed by atoms with Gasteiger partial charge in [-0.15, -0.1) is 11.8 Å². The summed E-state index contributed by atoms with van der Waals surface area (Å²) < 4.78 is 0. The van der Waals surface area contributed by atoms with E-state index in [1.165, 1.54) is 4.90 Å². The number of rotatable bonds is 4. The molecule has 0 unspecified atom stereocenters. The summed E-state index contributed by atoms with van der Waals surface area (Å²) in [5.41, 5.74) is 1.16. The lowest BCUT2D eigenvalue weighted by molar-refractivity contribution is 0.301. The zero-order valence-corrected chi connectivity index (χ0v) is 13.5. The second-order valence-electron chi connectivity index (χ2n) is 5.14. The van der Waals surface area contributed by atoms with Crippen molar-refractivity contribution in [2.24, 2.45) is 0 Å². The van der Waals surface area contributed by atoms with Gasteiger partial charge in [-0.1, -0.05) is 41.9 Å². The van der Waals surface area contributed by atoms with Gasteiger partial charge in [-0.3, -0.25) is 4.90 Å². The molecule has 0 bridgehead atoms. The van der Waals surface area contributed by atoms with Crippen molar-refractivity contribution in [1.82, 2.24) is 4.90 Å². The SMILES string of the molecule is Clc1ccccc1N1CCN(CSc2ccccc2)CC1. The number of anilines is 1. The first-order valence-electron chi connectivity index (χ1n) is 7.22. The normalized spacial score (nSPS) is 16.1. The Bertz CT molecular complexity index is 568. The highest BCUT2D eigenvalue weighted by Crippen LogP contribution is 2.26. The Balaban J connectivity index is 1.50. The molecular weight excluding hydrogens is 300 g/mol. The first-order chi connectivity index (χ1) is 10.3. The second kappa shape index (κ2) is 7.21. The van der Waals surface area contributed by atoms with E-state index in [0.717, 1.165) is 42.8 Å². The topological polar surface area (TPSA) is 6.48 Å². The van der Waals surface area contributed by atoms with Gasteiger partial charge < -0.3 is 4.90 Å². The van der Waals surface area contributed by atoms with Gasteiger partial charge in [0.25, 0.3) is 0 Å². The molecule has 2 nitrogen and oxygen atoms in total. The predicted octanol–water partition coefficient (Wildman–Crippen LogP) is 4.21. The van der Waals surface area contributed by atoms with Gasteiger partial charge in [0.1, 0.15) is 0 Å². The molecular formula is C17H19ClN2S. The van der Waals surface area contributed by atoms with Gasteiger partial charge in [0.15, 0.2) is 0 Å². The van der Waals surface area contributed by atoms with Crippen LogP contribution >= 0.6 is 23.4 Å². The van der Waals surface area contributed by atoms with E-state index in [1.54, 1.807) is 0 Å². The number of hydrogen-bond donors (Lipinski definition) is 0. The second-order valence-corrected chi connectivity index (χ2v) is 6.57. The van der Waals surface area contributed by atoms with Crippen molar-refractivity contribution >= 4 is 29.1 Å². The number of thioether (sulfide) groups is 1. The molecule has 0 aromatic heterocycles. The van der Waals surface area contributed by atoms with Crippen LogP contribution in [0, 0.1) is 0 Å². The van der Waals surface area contributed by atoms with E-state index in [2.05, 4.69) is 52.3 Å². The highest BCUT2D eigenvalue weighted by molar-refractivity contribution is 7.99. The van der Waals surface area contributed by atoms with Gasteiger partial charge in [-0.2, -0.15) is 0 Å². The van der Waals surface area contributed by atoms with Crippen molar-refractivity contribution in [3.63, 3.8) is 0 Å². The van der Waals surface area contributed by atoms with Crippen LogP contribution in [0.25, 0.3) is 0 Å². The highest BCUT2D eigenvalue weighted by atomic mass is 35.5. The minimum Gasteiger partial charge on any atom is -0.368 e. The maximum atomic E-state index is 6.28. The number of benzene rings is 2. The molecule has 4 heteroatoms. The largest absolute Gasteiger partial charge is 0.368 e. The zero-order chi connectivity index (χ0) is 14.5. The molecule has 1 saturated heterocycles. The van der Waals surface area contributed by atoms with Gasteiger partial charge in [-0.25, -0.2) is 0 Å². The summed E-state index contributed by atoms with van der Waals surface area (Å²) >= 11 is 8.18. The van der Waals surface area contributed by atoms with Gasteiger partial charge in [-0.05, 0) is 24.3 Å². The van der Waals surface area contributed by atoms with Crippen LogP contribution in [0.15, 0.2) is 59.5 Å². The summed E-state index contributed by atoms with van der Waals surface area (Å²) in [6.45, 7) is 4.26. The summed E-state index contributed by atoms with van der Waals surface area (Å²) in [5.74, 6) is 1.06. The maximum Gasteiger partial charge on any atom is 0.0639 e. The summed E-state index contributed by atoms with van der Waals surface area (Å²) in [7, 11) is 0. The van der Waals surface area contributed by atoms with Crippen LogP contribution in [0.2, 0.25) is 5.02 Å². The molecule has 0 atom stereocenters. The summed E-state index contributed by atoms with van der Waals surface area (Å²) in [4.78, 5) is 6.22. The molecule has 0 amide bonds. The third-order valence-electron chi connectivity index (χ3n) is 3.72. The Hall–Kier alpha value is -1.16. The quantitative estimate of drug-likeness (QED) is 0.780. The fourth-order valence-corrected chi connectivity index (χ4v) is 3.70. The minimum absolute atomic E-state index is 0.851. The van der Waals surface area contributed by atoms with E-state index in [4.69, 9.17) is 11.6 Å². The number of halogens is 1. The van der Waals surface area contributed by atoms with Crippen molar-refractivity contribution in [3.05, 3.63) is 59.6 Å². The minimum atomic E-state index is 0.851. The van der Waals surface area contributed by atoms with Gasteiger partial charge in [0.2, 0.25) is 0 Å². The Morgan fingerprint density at radius 2 is 1.52 bits per heavy atom. The van der Waals surface area contributed by atoms with Crippen LogP contribution in [0.5, 0.6) is 0 Å². The number of piperazine rings is 1. The average molecular weight is 319 g/mol. The van der Waals surface area contributed by atoms with E-state index < -0.39 is 0 Å². The van der Waals surface area contributed by atoms with Crippen LogP contribution < -0.4 is 4.90 Å². The molecule has 1 aliphatic rings.